The molecular formula is C13H18BrN3O2. The van der Waals surface area contributed by atoms with Gasteiger partial charge in [0.2, 0.25) is 5.91 Å². The van der Waals surface area contributed by atoms with Crippen molar-refractivity contribution in [2.45, 2.75) is 20.8 Å². The lowest BCUT2D eigenvalue weighted by atomic mass is 10.1. The first kappa shape index (κ1) is 15.5. The van der Waals surface area contributed by atoms with Crippen LogP contribution in [0.2, 0.25) is 0 Å². The molecule has 0 unspecified atom stereocenters. The van der Waals surface area contributed by atoms with Gasteiger partial charge < -0.3 is 16.0 Å². The first-order chi connectivity index (χ1) is 8.93. The monoisotopic (exact) mass is 327 g/mol. The minimum atomic E-state index is -0.389. The van der Waals surface area contributed by atoms with Gasteiger partial charge in [-0.05, 0) is 44.0 Å². The van der Waals surface area contributed by atoms with Crippen molar-refractivity contribution in [3.8, 4) is 0 Å². The van der Waals surface area contributed by atoms with Crippen LogP contribution in [0.25, 0.3) is 0 Å². The van der Waals surface area contributed by atoms with Crippen molar-refractivity contribution in [3.63, 3.8) is 0 Å². The number of anilines is 1. The first-order valence-electron chi connectivity index (χ1n) is 6.02. The van der Waals surface area contributed by atoms with Crippen LogP contribution in [0, 0.1) is 13.8 Å². The maximum absolute atomic E-state index is 11.7. The van der Waals surface area contributed by atoms with E-state index in [0.29, 0.717) is 6.54 Å². The zero-order valence-corrected chi connectivity index (χ0v) is 12.8. The third kappa shape index (κ3) is 4.90. The molecule has 1 aromatic carbocycles. The number of carbonyl (C=O) groups excluding carboxylic acids is 2. The number of hydrogen-bond donors (Lipinski definition) is 3. The summed E-state index contributed by atoms with van der Waals surface area (Å²) in [6, 6.07) is 3.46. The van der Waals surface area contributed by atoms with E-state index in [0.717, 1.165) is 21.3 Å². The molecule has 0 aliphatic heterocycles. The Morgan fingerprint density at radius 1 is 1.16 bits per heavy atom. The molecule has 3 amide bonds. The Morgan fingerprint density at radius 3 is 2.26 bits per heavy atom. The third-order valence-electron chi connectivity index (χ3n) is 2.52. The highest BCUT2D eigenvalue weighted by Gasteiger charge is 2.09. The maximum Gasteiger partial charge on any atom is 0.319 e. The normalized spacial score (nSPS) is 9.89. The van der Waals surface area contributed by atoms with E-state index < -0.39 is 0 Å². The number of amides is 3. The van der Waals surface area contributed by atoms with Crippen LogP contribution in [0.4, 0.5) is 10.5 Å². The van der Waals surface area contributed by atoms with E-state index in [2.05, 4.69) is 31.9 Å². The Hall–Kier alpha value is -1.56. The Morgan fingerprint density at radius 2 is 1.74 bits per heavy atom. The summed E-state index contributed by atoms with van der Waals surface area (Å²) in [7, 11) is 0. The average Bonchev–Trinajstić information content (AvgIpc) is 2.31. The molecule has 1 rings (SSSR count). The van der Waals surface area contributed by atoms with Crippen LogP contribution in [0.1, 0.15) is 18.1 Å². The van der Waals surface area contributed by atoms with Crippen LogP contribution in [-0.4, -0.2) is 25.0 Å². The fourth-order valence-corrected chi connectivity index (χ4v) is 2.37. The van der Waals surface area contributed by atoms with E-state index in [1.165, 1.54) is 0 Å². The van der Waals surface area contributed by atoms with Crippen molar-refractivity contribution in [3.05, 3.63) is 27.7 Å². The quantitative estimate of drug-likeness (QED) is 0.794. The minimum absolute atomic E-state index is 0.0334. The predicted octanol–water partition coefficient (Wildman–Crippen LogP) is 2.32. The largest absolute Gasteiger partial charge is 0.355 e. The van der Waals surface area contributed by atoms with Gasteiger partial charge in [0, 0.05) is 16.7 Å². The highest BCUT2D eigenvalue weighted by atomic mass is 79.9. The van der Waals surface area contributed by atoms with Crippen molar-refractivity contribution in [1.82, 2.24) is 10.6 Å². The Bertz CT molecular complexity index is 466. The second kappa shape index (κ2) is 7.13. The van der Waals surface area contributed by atoms with Gasteiger partial charge >= 0.3 is 6.03 Å². The maximum atomic E-state index is 11.7. The number of urea groups is 1. The Balaban J connectivity index is 2.60. The Kier molecular flexibility index (Phi) is 5.82. The van der Waals surface area contributed by atoms with E-state index in [9.17, 15) is 9.59 Å². The summed E-state index contributed by atoms with van der Waals surface area (Å²) in [6.07, 6.45) is 0. The summed E-state index contributed by atoms with van der Waals surface area (Å²) in [5.41, 5.74) is 2.68. The number of carbonyl (C=O) groups is 2. The summed E-state index contributed by atoms with van der Waals surface area (Å²) in [4.78, 5) is 22.9. The van der Waals surface area contributed by atoms with Crippen LogP contribution < -0.4 is 16.0 Å². The molecule has 5 nitrogen and oxygen atoms in total. The number of benzene rings is 1. The van der Waals surface area contributed by atoms with Crippen LogP contribution in [-0.2, 0) is 4.79 Å². The second-order valence-electron chi connectivity index (χ2n) is 4.18. The number of halogens is 1. The molecule has 0 spiro atoms. The number of aryl methyl sites for hydroxylation is 2. The predicted molar refractivity (Wildman–Crippen MR) is 79.3 cm³/mol. The topological polar surface area (TPSA) is 70.2 Å². The van der Waals surface area contributed by atoms with Crippen molar-refractivity contribution < 1.29 is 9.59 Å². The molecule has 6 heteroatoms. The lowest BCUT2D eigenvalue weighted by molar-refractivity contribution is -0.119. The first-order valence-corrected chi connectivity index (χ1v) is 6.81. The van der Waals surface area contributed by atoms with Gasteiger partial charge in [-0.3, -0.25) is 4.79 Å². The van der Waals surface area contributed by atoms with Gasteiger partial charge in [-0.15, -0.1) is 0 Å². The summed E-state index contributed by atoms with van der Waals surface area (Å²) < 4.78 is 0.968. The summed E-state index contributed by atoms with van der Waals surface area (Å²) >= 11 is 3.40. The molecule has 0 heterocycles. The molecule has 0 aliphatic carbocycles. The van der Waals surface area contributed by atoms with Crippen molar-refractivity contribution >= 4 is 33.6 Å². The summed E-state index contributed by atoms with van der Waals surface area (Å²) in [5.74, 6) is -0.207. The van der Waals surface area contributed by atoms with Crippen molar-refractivity contribution in [2.75, 3.05) is 18.4 Å². The van der Waals surface area contributed by atoms with Crippen LogP contribution >= 0.6 is 15.9 Å². The second-order valence-corrected chi connectivity index (χ2v) is 5.09. The standard InChI is InChI=1S/C13H18BrN3O2/c1-4-15-11(18)7-16-13(19)17-12-8(2)5-10(14)6-9(12)3/h5-6H,4,7H2,1-3H3,(H,15,18)(H2,16,17,19). The van der Waals surface area contributed by atoms with E-state index in [1.807, 2.05) is 32.9 Å². The van der Waals surface area contributed by atoms with E-state index in [1.54, 1.807) is 0 Å². The van der Waals surface area contributed by atoms with Crippen LogP contribution in [0.5, 0.6) is 0 Å². The number of hydrogen-bond acceptors (Lipinski definition) is 2. The van der Waals surface area contributed by atoms with E-state index in [4.69, 9.17) is 0 Å². The molecule has 0 radical (unpaired) electrons. The molecule has 104 valence electrons. The molecule has 0 saturated heterocycles. The Labute approximate surface area is 121 Å². The fraction of sp³-hybridized carbons (Fsp3) is 0.385. The highest BCUT2D eigenvalue weighted by Crippen LogP contribution is 2.24. The van der Waals surface area contributed by atoms with Crippen molar-refractivity contribution in [2.24, 2.45) is 0 Å². The highest BCUT2D eigenvalue weighted by molar-refractivity contribution is 9.10. The molecule has 0 aromatic heterocycles. The number of nitrogens with one attached hydrogen (secondary N) is 3. The van der Waals surface area contributed by atoms with Crippen LogP contribution in [0.15, 0.2) is 16.6 Å². The van der Waals surface area contributed by atoms with Gasteiger partial charge in [0.1, 0.15) is 0 Å². The molecule has 0 aliphatic rings. The van der Waals surface area contributed by atoms with Crippen LogP contribution in [0.3, 0.4) is 0 Å². The number of likely N-dealkylation sites (N-methyl/N-ethyl adjacent to an activating group) is 1. The van der Waals surface area contributed by atoms with Crippen molar-refractivity contribution in [1.29, 1.82) is 0 Å². The van der Waals surface area contributed by atoms with E-state index in [-0.39, 0.29) is 18.5 Å². The molecule has 1 aromatic rings. The lowest BCUT2D eigenvalue weighted by Gasteiger charge is -2.13. The summed E-state index contributed by atoms with van der Waals surface area (Å²) in [5, 5.41) is 7.87. The molecular weight excluding hydrogens is 310 g/mol. The third-order valence-corrected chi connectivity index (χ3v) is 2.98. The summed E-state index contributed by atoms with van der Waals surface area (Å²) in [6.45, 7) is 6.17. The van der Waals surface area contributed by atoms with E-state index >= 15 is 0 Å². The van der Waals surface area contributed by atoms with Gasteiger partial charge in [0.25, 0.3) is 0 Å². The molecule has 19 heavy (non-hydrogen) atoms. The molecule has 3 N–H and O–H groups in total. The molecule has 0 fully saturated rings. The SMILES string of the molecule is CCNC(=O)CNC(=O)Nc1c(C)cc(Br)cc1C. The van der Waals surface area contributed by atoms with Gasteiger partial charge in [0.15, 0.2) is 0 Å². The average molecular weight is 328 g/mol. The molecule has 0 bridgehead atoms. The number of rotatable bonds is 4. The van der Waals surface area contributed by atoms with Gasteiger partial charge in [-0.1, -0.05) is 15.9 Å². The minimum Gasteiger partial charge on any atom is -0.355 e. The molecule has 0 atom stereocenters. The molecule has 0 saturated carbocycles. The fourth-order valence-electron chi connectivity index (χ4n) is 1.69. The van der Waals surface area contributed by atoms with Gasteiger partial charge in [-0.25, -0.2) is 4.79 Å². The zero-order chi connectivity index (χ0) is 14.4. The van der Waals surface area contributed by atoms with Gasteiger partial charge in [-0.2, -0.15) is 0 Å². The zero-order valence-electron chi connectivity index (χ0n) is 11.3. The smallest absolute Gasteiger partial charge is 0.319 e. The lowest BCUT2D eigenvalue weighted by Crippen LogP contribution is -2.39. The van der Waals surface area contributed by atoms with Gasteiger partial charge in [0.05, 0.1) is 6.54 Å².